The summed E-state index contributed by atoms with van der Waals surface area (Å²) in [5, 5.41) is 15.3. The zero-order valence-corrected chi connectivity index (χ0v) is 17.9. The van der Waals surface area contributed by atoms with E-state index < -0.39 is 0 Å². The number of unbranched alkanes of at least 4 members (excludes halogenated alkanes) is 1. The Bertz CT molecular complexity index is 505. The van der Waals surface area contributed by atoms with Crippen LogP contribution in [0.1, 0.15) is 57.6 Å². The number of halogens is 1. The molecule has 1 aromatic heterocycles. The maximum atomic E-state index is 5.36. The largest absolute Gasteiger partial charge is 0.382 e. The van der Waals surface area contributed by atoms with E-state index in [1.807, 2.05) is 6.92 Å². The Labute approximate surface area is 168 Å². The van der Waals surface area contributed by atoms with Gasteiger partial charge < -0.3 is 19.9 Å². The summed E-state index contributed by atoms with van der Waals surface area (Å²) in [7, 11) is 0. The molecule has 144 valence electrons. The predicted molar refractivity (Wildman–Crippen MR) is 112 cm³/mol. The first kappa shape index (κ1) is 22.1. The van der Waals surface area contributed by atoms with Crippen molar-refractivity contribution in [1.82, 2.24) is 25.4 Å². The Morgan fingerprint density at radius 2 is 2.04 bits per heavy atom. The van der Waals surface area contributed by atoms with Gasteiger partial charge in [-0.2, -0.15) is 0 Å². The molecule has 0 amide bonds. The van der Waals surface area contributed by atoms with Gasteiger partial charge in [-0.3, -0.25) is 0 Å². The Morgan fingerprint density at radius 1 is 1.16 bits per heavy atom. The molecule has 0 saturated heterocycles. The molecule has 0 aliphatic carbocycles. The van der Waals surface area contributed by atoms with Crippen LogP contribution in [-0.4, -0.2) is 47.0 Å². The van der Waals surface area contributed by atoms with Gasteiger partial charge in [0.05, 0.1) is 0 Å². The number of hydrogen-bond acceptors (Lipinski definition) is 4. The molecule has 25 heavy (non-hydrogen) atoms. The Kier molecular flexibility index (Phi) is 11.8. The van der Waals surface area contributed by atoms with Crippen LogP contribution in [0.15, 0.2) is 4.99 Å². The average Bonchev–Trinajstić information content (AvgIpc) is 2.82. The number of fused-ring (bicyclic) bond motifs is 1. The van der Waals surface area contributed by atoms with Gasteiger partial charge in [0, 0.05) is 39.3 Å². The van der Waals surface area contributed by atoms with Gasteiger partial charge in [-0.15, -0.1) is 34.2 Å². The molecule has 2 N–H and O–H groups in total. The summed E-state index contributed by atoms with van der Waals surface area (Å²) in [6.07, 6.45) is 6.88. The Hall–Kier alpha value is -0.900. The van der Waals surface area contributed by atoms with Gasteiger partial charge in [0.2, 0.25) is 0 Å². The van der Waals surface area contributed by atoms with Crippen molar-refractivity contribution in [2.24, 2.45) is 4.99 Å². The number of aryl methyl sites for hydroxylation is 1. The van der Waals surface area contributed by atoms with Crippen LogP contribution >= 0.6 is 24.0 Å². The fourth-order valence-electron chi connectivity index (χ4n) is 2.83. The monoisotopic (exact) mass is 464 g/mol. The van der Waals surface area contributed by atoms with Crippen LogP contribution < -0.4 is 10.6 Å². The highest BCUT2D eigenvalue weighted by molar-refractivity contribution is 14.0. The maximum absolute atomic E-state index is 5.36. The van der Waals surface area contributed by atoms with Crippen molar-refractivity contribution in [3.8, 4) is 0 Å². The number of aliphatic imine (C=N–C) groups is 1. The van der Waals surface area contributed by atoms with E-state index in [0.717, 1.165) is 69.7 Å². The molecule has 1 aromatic rings. The van der Waals surface area contributed by atoms with Crippen molar-refractivity contribution < 1.29 is 4.74 Å². The summed E-state index contributed by atoms with van der Waals surface area (Å²) >= 11 is 0. The van der Waals surface area contributed by atoms with Gasteiger partial charge in [-0.1, -0.05) is 6.42 Å². The molecular formula is C17H33IN6O. The average molecular weight is 464 g/mol. The second kappa shape index (κ2) is 13.3. The second-order valence-corrected chi connectivity index (χ2v) is 6.02. The summed E-state index contributed by atoms with van der Waals surface area (Å²) in [5.41, 5.74) is 0. The molecule has 0 fully saturated rings. The highest BCUT2D eigenvalue weighted by Gasteiger charge is 2.14. The van der Waals surface area contributed by atoms with E-state index in [4.69, 9.17) is 4.74 Å². The predicted octanol–water partition coefficient (Wildman–Crippen LogP) is 2.49. The van der Waals surface area contributed by atoms with E-state index in [0.29, 0.717) is 6.54 Å². The van der Waals surface area contributed by atoms with E-state index in [1.54, 1.807) is 0 Å². The molecule has 0 spiro atoms. The van der Waals surface area contributed by atoms with Gasteiger partial charge in [-0.05, 0) is 39.5 Å². The molecule has 0 aromatic carbocycles. The normalized spacial score (nSPS) is 14.4. The van der Waals surface area contributed by atoms with Crippen molar-refractivity contribution in [1.29, 1.82) is 0 Å². The van der Waals surface area contributed by atoms with Crippen LogP contribution in [0.25, 0.3) is 0 Å². The Balaban J connectivity index is 0.00000312. The number of nitrogens with one attached hydrogen (secondary N) is 2. The SMILES string of the molecule is CCNC(=NCc1nnc2n1CCCCC2)NCCCCOCC.I. The van der Waals surface area contributed by atoms with Gasteiger partial charge in [0.1, 0.15) is 12.4 Å². The van der Waals surface area contributed by atoms with Crippen molar-refractivity contribution in [2.75, 3.05) is 26.3 Å². The first-order chi connectivity index (χ1) is 11.8. The van der Waals surface area contributed by atoms with Crippen LogP contribution in [-0.2, 0) is 24.2 Å². The zero-order valence-electron chi connectivity index (χ0n) is 15.6. The fourth-order valence-corrected chi connectivity index (χ4v) is 2.83. The molecule has 0 saturated carbocycles. The number of hydrogen-bond donors (Lipinski definition) is 2. The molecule has 0 radical (unpaired) electrons. The number of guanidine groups is 1. The summed E-state index contributed by atoms with van der Waals surface area (Å²) < 4.78 is 7.61. The lowest BCUT2D eigenvalue weighted by Crippen LogP contribution is -2.37. The summed E-state index contributed by atoms with van der Waals surface area (Å²) in [4.78, 5) is 4.67. The number of nitrogens with zero attached hydrogens (tertiary/aromatic N) is 4. The lowest BCUT2D eigenvalue weighted by molar-refractivity contribution is 0.143. The highest BCUT2D eigenvalue weighted by Crippen LogP contribution is 2.14. The standard InChI is InChI=1S/C17H32N6O.HI/c1-3-18-17(19-11-7-9-13-24-4-2)20-14-16-22-21-15-10-6-5-8-12-23(15)16;/h3-14H2,1-2H3,(H2,18,19,20);1H. The lowest BCUT2D eigenvalue weighted by atomic mass is 10.2. The number of ether oxygens (including phenoxy) is 1. The second-order valence-electron chi connectivity index (χ2n) is 6.02. The molecule has 1 aliphatic heterocycles. The Morgan fingerprint density at radius 3 is 2.84 bits per heavy atom. The van der Waals surface area contributed by atoms with Gasteiger partial charge in [0.25, 0.3) is 0 Å². The van der Waals surface area contributed by atoms with Crippen LogP contribution in [0.3, 0.4) is 0 Å². The summed E-state index contributed by atoms with van der Waals surface area (Å²) in [6.45, 7) is 9.07. The maximum Gasteiger partial charge on any atom is 0.191 e. The van der Waals surface area contributed by atoms with E-state index in [2.05, 4.69) is 37.3 Å². The van der Waals surface area contributed by atoms with Crippen molar-refractivity contribution in [3.63, 3.8) is 0 Å². The first-order valence-corrected chi connectivity index (χ1v) is 9.36. The smallest absolute Gasteiger partial charge is 0.191 e. The van der Waals surface area contributed by atoms with E-state index in [-0.39, 0.29) is 24.0 Å². The third-order valence-corrected chi connectivity index (χ3v) is 4.12. The van der Waals surface area contributed by atoms with E-state index in [1.165, 1.54) is 19.3 Å². The zero-order chi connectivity index (χ0) is 17.0. The molecule has 2 rings (SSSR count). The minimum Gasteiger partial charge on any atom is -0.382 e. The van der Waals surface area contributed by atoms with Crippen LogP contribution in [0, 0.1) is 0 Å². The quantitative estimate of drug-likeness (QED) is 0.254. The third kappa shape index (κ3) is 7.89. The molecule has 2 heterocycles. The number of aromatic nitrogens is 3. The minimum atomic E-state index is 0. The van der Waals surface area contributed by atoms with Crippen molar-refractivity contribution >= 4 is 29.9 Å². The van der Waals surface area contributed by atoms with Crippen molar-refractivity contribution in [3.05, 3.63) is 11.6 Å². The van der Waals surface area contributed by atoms with Crippen LogP contribution in [0.5, 0.6) is 0 Å². The molecular weight excluding hydrogens is 431 g/mol. The summed E-state index contributed by atoms with van der Waals surface area (Å²) in [5.74, 6) is 2.94. The molecule has 1 aliphatic rings. The number of rotatable bonds is 9. The topological polar surface area (TPSA) is 76.4 Å². The third-order valence-electron chi connectivity index (χ3n) is 4.12. The lowest BCUT2D eigenvalue weighted by Gasteiger charge is -2.11. The minimum absolute atomic E-state index is 0. The molecule has 0 atom stereocenters. The van der Waals surface area contributed by atoms with Crippen LogP contribution in [0.4, 0.5) is 0 Å². The highest BCUT2D eigenvalue weighted by atomic mass is 127. The van der Waals surface area contributed by atoms with Gasteiger partial charge >= 0.3 is 0 Å². The van der Waals surface area contributed by atoms with Gasteiger partial charge in [0.15, 0.2) is 11.8 Å². The summed E-state index contributed by atoms with van der Waals surface area (Å²) in [6, 6.07) is 0. The first-order valence-electron chi connectivity index (χ1n) is 9.36. The van der Waals surface area contributed by atoms with Crippen LogP contribution in [0.2, 0.25) is 0 Å². The van der Waals surface area contributed by atoms with Crippen molar-refractivity contribution in [2.45, 2.75) is 65.5 Å². The van der Waals surface area contributed by atoms with Gasteiger partial charge in [-0.25, -0.2) is 4.99 Å². The van der Waals surface area contributed by atoms with E-state index in [9.17, 15) is 0 Å². The molecule has 8 heteroatoms. The van der Waals surface area contributed by atoms with E-state index >= 15 is 0 Å². The molecule has 0 bridgehead atoms. The molecule has 0 unspecified atom stereocenters. The molecule has 7 nitrogen and oxygen atoms in total. The fraction of sp³-hybridized carbons (Fsp3) is 0.824.